The van der Waals surface area contributed by atoms with Crippen LogP contribution in [0.4, 0.5) is 0 Å². The van der Waals surface area contributed by atoms with E-state index >= 15 is 0 Å². The van der Waals surface area contributed by atoms with Gasteiger partial charge in [0.1, 0.15) is 23.5 Å². The number of benzene rings is 4. The second-order valence-electron chi connectivity index (χ2n) is 10.6. The minimum absolute atomic E-state index is 0.0855. The monoisotopic (exact) mass is 746 g/mol. The van der Waals surface area contributed by atoms with Crippen molar-refractivity contribution in [3.8, 4) is 17.2 Å². The van der Waals surface area contributed by atoms with Gasteiger partial charge in [0, 0.05) is 55.4 Å². The predicted molar refractivity (Wildman–Crippen MR) is 217 cm³/mol. The Labute approximate surface area is 321 Å². The summed E-state index contributed by atoms with van der Waals surface area (Å²) in [6, 6.07) is 27.5. The molecule has 0 aliphatic heterocycles. The maximum Gasteiger partial charge on any atom is 0.251 e. The third kappa shape index (κ3) is 21.4. The fourth-order valence-corrected chi connectivity index (χ4v) is 3.61. The van der Waals surface area contributed by atoms with E-state index in [9.17, 15) is 24.0 Å². The molecule has 54 heavy (non-hydrogen) atoms. The Kier molecular flexibility index (Phi) is 29.4. The summed E-state index contributed by atoms with van der Waals surface area (Å²) in [6.07, 6.45) is 2.54. The van der Waals surface area contributed by atoms with Crippen molar-refractivity contribution < 1.29 is 38.2 Å². The summed E-state index contributed by atoms with van der Waals surface area (Å²) < 4.78 is 14.9. The first-order valence-electron chi connectivity index (χ1n) is 17.2. The van der Waals surface area contributed by atoms with Crippen LogP contribution in [-0.4, -0.2) is 86.4 Å². The summed E-state index contributed by atoms with van der Waals surface area (Å²) in [5, 5.41) is 10.3. The van der Waals surface area contributed by atoms with E-state index in [1.54, 1.807) is 140 Å². The van der Waals surface area contributed by atoms with Crippen molar-refractivity contribution in [3.05, 3.63) is 125 Å². The number of ketones is 1. The molecule has 0 spiro atoms. The highest BCUT2D eigenvalue weighted by Crippen LogP contribution is 2.13. The maximum atomic E-state index is 11.2. The summed E-state index contributed by atoms with van der Waals surface area (Å²) >= 11 is 0. The van der Waals surface area contributed by atoms with E-state index < -0.39 is 0 Å². The predicted octanol–water partition coefficient (Wildman–Crippen LogP) is 6.51. The molecule has 0 aliphatic rings. The van der Waals surface area contributed by atoms with E-state index in [2.05, 4.69) is 35.1 Å². The normalized spacial score (nSPS) is 8.87. The molecule has 0 bridgehead atoms. The number of ether oxygens (including phenoxy) is 3. The second kappa shape index (κ2) is 31.7. The molecular formula is C42H58N4O8. The average Bonchev–Trinajstić information content (AvgIpc) is 3.23. The van der Waals surface area contributed by atoms with E-state index in [1.165, 1.54) is 6.42 Å². The van der Waals surface area contributed by atoms with Gasteiger partial charge < -0.3 is 35.5 Å². The lowest BCUT2D eigenvalue weighted by Gasteiger charge is -2.01. The number of rotatable bonds is 9. The van der Waals surface area contributed by atoms with Gasteiger partial charge in [0.15, 0.2) is 5.78 Å². The van der Waals surface area contributed by atoms with E-state index in [0.717, 1.165) is 29.1 Å². The molecular weight excluding hydrogens is 688 g/mol. The Morgan fingerprint density at radius 1 is 0.481 bits per heavy atom. The van der Waals surface area contributed by atoms with Crippen molar-refractivity contribution in [2.75, 3.05) is 56.6 Å². The van der Waals surface area contributed by atoms with Crippen LogP contribution < -0.4 is 35.5 Å². The van der Waals surface area contributed by atoms with Gasteiger partial charge in [0.25, 0.3) is 17.7 Å². The maximum absolute atomic E-state index is 11.2. The Bertz CT molecular complexity index is 1470. The number of nitrogens with one attached hydrogen (secondary N) is 4. The van der Waals surface area contributed by atoms with Crippen LogP contribution in [0.1, 0.15) is 85.4 Å². The lowest BCUT2D eigenvalue weighted by molar-refractivity contribution is 0.0955. The number of carbonyl (C=O) groups is 5. The van der Waals surface area contributed by atoms with Crippen LogP contribution in [0.15, 0.2) is 97.1 Å². The fraction of sp³-hybridized carbons (Fsp3) is 0.310. The Morgan fingerprint density at radius 3 is 0.926 bits per heavy atom. The summed E-state index contributed by atoms with van der Waals surface area (Å²) in [4.78, 5) is 54.6. The lowest BCUT2D eigenvalue weighted by Crippen LogP contribution is -2.17. The van der Waals surface area contributed by atoms with E-state index in [1.807, 2.05) is 21.0 Å². The highest BCUT2D eigenvalue weighted by molar-refractivity contribution is 5.96. The van der Waals surface area contributed by atoms with Crippen LogP contribution in [0.25, 0.3) is 0 Å². The molecule has 0 aliphatic carbocycles. The van der Waals surface area contributed by atoms with Crippen molar-refractivity contribution in [1.29, 1.82) is 0 Å². The van der Waals surface area contributed by atoms with Crippen molar-refractivity contribution in [2.24, 2.45) is 0 Å². The number of methoxy groups -OCH3 is 3. The molecule has 0 radical (unpaired) electrons. The first-order chi connectivity index (χ1) is 25.9. The standard InChI is InChI=1S/C10H12O2.2C9H11NO2.C9H9NO2.C3H8.C2H7N/c1-3-10(11)8-4-6-9(12-2)7-5-8;2*1-10-9(11)7-3-5-8(12-2)6-4-7;1-10-9(12)8-4-2-7(6-11)3-5-8;2*1-3-2/h4-7H,3H2,1-2H3;2*3-6H,1-2H3,(H,10,11);2-6H,1H3,(H,10,12);3H2,1-2H3;3H,1-2H3. The van der Waals surface area contributed by atoms with Crippen LogP contribution in [-0.2, 0) is 0 Å². The zero-order valence-corrected chi connectivity index (χ0v) is 33.5. The molecule has 3 amide bonds. The second-order valence-corrected chi connectivity index (χ2v) is 10.6. The summed E-state index contributed by atoms with van der Waals surface area (Å²) in [5.74, 6) is 2.13. The fourth-order valence-electron chi connectivity index (χ4n) is 3.61. The molecule has 0 unspecified atom stereocenters. The van der Waals surface area contributed by atoms with Gasteiger partial charge in [-0.25, -0.2) is 0 Å². The van der Waals surface area contributed by atoms with Crippen LogP contribution >= 0.6 is 0 Å². The molecule has 0 fully saturated rings. The molecule has 12 heteroatoms. The van der Waals surface area contributed by atoms with Crippen molar-refractivity contribution >= 4 is 29.8 Å². The minimum Gasteiger partial charge on any atom is -0.497 e. The number of amides is 3. The van der Waals surface area contributed by atoms with Crippen LogP contribution in [0.2, 0.25) is 0 Å². The Hall–Kier alpha value is -6.01. The minimum atomic E-state index is -0.146. The third-order valence-electron chi connectivity index (χ3n) is 6.43. The molecule has 0 aromatic heterocycles. The average molecular weight is 747 g/mol. The van der Waals surface area contributed by atoms with Crippen LogP contribution in [0.3, 0.4) is 0 Å². The van der Waals surface area contributed by atoms with Gasteiger partial charge in [0.2, 0.25) is 0 Å². The highest BCUT2D eigenvalue weighted by Gasteiger charge is 2.03. The van der Waals surface area contributed by atoms with Crippen molar-refractivity contribution in [3.63, 3.8) is 0 Å². The van der Waals surface area contributed by atoms with Gasteiger partial charge in [-0.15, -0.1) is 0 Å². The number of hydrogen-bond donors (Lipinski definition) is 4. The summed E-state index contributed by atoms with van der Waals surface area (Å²) in [7, 11) is 13.3. The van der Waals surface area contributed by atoms with Crippen molar-refractivity contribution in [1.82, 2.24) is 21.3 Å². The van der Waals surface area contributed by atoms with E-state index in [0.29, 0.717) is 28.7 Å². The lowest BCUT2D eigenvalue weighted by atomic mass is 10.1. The molecule has 0 saturated heterocycles. The van der Waals surface area contributed by atoms with Gasteiger partial charge in [-0.1, -0.05) is 39.3 Å². The number of Topliss-reactive ketones (excluding diaryl/α,β-unsaturated/α-hetero) is 1. The van der Waals surface area contributed by atoms with Gasteiger partial charge >= 0.3 is 0 Å². The summed E-state index contributed by atoms with van der Waals surface area (Å²) in [6.45, 7) is 6.10. The number of carbonyl (C=O) groups excluding carboxylic acids is 5. The van der Waals surface area contributed by atoms with E-state index in [-0.39, 0.29) is 23.5 Å². The molecule has 0 atom stereocenters. The number of aldehydes is 1. The molecule has 4 aromatic carbocycles. The first-order valence-corrected chi connectivity index (χ1v) is 17.2. The Morgan fingerprint density at radius 2 is 0.722 bits per heavy atom. The zero-order chi connectivity index (χ0) is 41.3. The van der Waals surface area contributed by atoms with Gasteiger partial charge in [-0.2, -0.15) is 0 Å². The van der Waals surface area contributed by atoms with Crippen LogP contribution in [0.5, 0.6) is 17.2 Å². The Balaban J connectivity index is 0. The highest BCUT2D eigenvalue weighted by atomic mass is 16.5. The third-order valence-corrected chi connectivity index (χ3v) is 6.43. The van der Waals surface area contributed by atoms with E-state index in [4.69, 9.17) is 14.2 Å². The SMILES string of the molecule is CCC.CCC(=O)c1ccc(OC)cc1.CNC.CNC(=O)c1ccc(C=O)cc1.CNC(=O)c1ccc(OC)cc1.CNC(=O)c1ccc(OC)cc1. The van der Waals surface area contributed by atoms with Gasteiger partial charge in [-0.3, -0.25) is 24.0 Å². The summed E-state index contributed by atoms with van der Waals surface area (Å²) in [5.41, 5.74) is 3.15. The molecule has 0 saturated carbocycles. The molecule has 12 nitrogen and oxygen atoms in total. The van der Waals surface area contributed by atoms with Crippen molar-refractivity contribution in [2.45, 2.75) is 33.6 Å². The largest absolute Gasteiger partial charge is 0.497 e. The van der Waals surface area contributed by atoms with Gasteiger partial charge in [-0.05, 0) is 99.0 Å². The van der Waals surface area contributed by atoms with Crippen LogP contribution in [0, 0.1) is 0 Å². The molecule has 4 aromatic rings. The molecule has 4 rings (SSSR count). The quantitative estimate of drug-likeness (QED) is 0.111. The molecule has 294 valence electrons. The smallest absolute Gasteiger partial charge is 0.251 e. The topological polar surface area (TPSA) is 161 Å². The first kappa shape index (κ1) is 50.1. The molecule has 0 heterocycles. The number of hydrogen-bond acceptors (Lipinski definition) is 9. The zero-order valence-electron chi connectivity index (χ0n) is 33.5. The van der Waals surface area contributed by atoms with Gasteiger partial charge in [0.05, 0.1) is 21.3 Å². The molecule has 4 N–H and O–H groups in total.